The minimum Gasteiger partial charge on any atom is -0.480 e. The minimum absolute atomic E-state index is 0.394. The topological polar surface area (TPSA) is 77.9 Å². The first-order valence-electron chi connectivity index (χ1n) is 5.99. The Kier molecular flexibility index (Phi) is 6.25. The predicted molar refractivity (Wildman–Crippen MR) is 70.6 cm³/mol. The van der Waals surface area contributed by atoms with E-state index in [9.17, 15) is 13.2 Å². The van der Waals surface area contributed by atoms with Gasteiger partial charge in [0.1, 0.15) is 6.54 Å². The highest BCUT2D eigenvalue weighted by Gasteiger charge is 2.36. The molecule has 0 spiro atoms. The lowest BCUT2D eigenvalue weighted by atomic mass is 10.1. The van der Waals surface area contributed by atoms with Gasteiger partial charge in [0.05, 0.1) is 0 Å². The van der Waals surface area contributed by atoms with Gasteiger partial charge in [0.25, 0.3) is 10.2 Å². The van der Waals surface area contributed by atoms with Crippen LogP contribution in [-0.4, -0.2) is 53.8 Å². The van der Waals surface area contributed by atoms with Crippen molar-refractivity contribution in [3.8, 4) is 0 Å². The van der Waals surface area contributed by atoms with Crippen molar-refractivity contribution in [1.29, 1.82) is 0 Å². The molecule has 0 atom stereocenters. The molecule has 7 heteroatoms. The number of carbonyl (C=O) groups is 1. The third kappa shape index (κ3) is 4.91. The molecule has 0 bridgehead atoms. The van der Waals surface area contributed by atoms with Crippen LogP contribution in [0.15, 0.2) is 0 Å². The summed E-state index contributed by atoms with van der Waals surface area (Å²) in [5.74, 6) is -1.16. The average molecular weight is 280 g/mol. The van der Waals surface area contributed by atoms with E-state index >= 15 is 0 Å². The summed E-state index contributed by atoms with van der Waals surface area (Å²) in [7, 11) is -2.26. The number of hydrogen-bond acceptors (Lipinski definition) is 3. The summed E-state index contributed by atoms with van der Waals surface area (Å²) in [5.41, 5.74) is -0.766. The standard InChI is InChI=1S/C11H24N2O4S/c1-6-7-8-12(5)18(16,17)13(9-10(14)15)11(2,3)4/h6-9H2,1-5H3,(H,14,15). The van der Waals surface area contributed by atoms with Crippen molar-refractivity contribution < 1.29 is 18.3 Å². The van der Waals surface area contributed by atoms with Gasteiger partial charge in [-0.05, 0) is 27.2 Å². The van der Waals surface area contributed by atoms with Crippen LogP contribution >= 0.6 is 0 Å². The predicted octanol–water partition coefficient (Wildman–Crippen LogP) is 1.15. The normalized spacial score (nSPS) is 13.3. The van der Waals surface area contributed by atoms with E-state index in [0.717, 1.165) is 17.1 Å². The van der Waals surface area contributed by atoms with Crippen LogP contribution < -0.4 is 0 Å². The molecule has 0 aromatic heterocycles. The Bertz CT molecular complexity index is 373. The summed E-state index contributed by atoms with van der Waals surface area (Å²) in [6, 6.07) is 0. The zero-order valence-corrected chi connectivity index (χ0v) is 12.6. The molecule has 0 fully saturated rings. The second kappa shape index (κ2) is 6.49. The monoisotopic (exact) mass is 280 g/mol. The number of rotatable bonds is 7. The molecule has 18 heavy (non-hydrogen) atoms. The van der Waals surface area contributed by atoms with Crippen molar-refractivity contribution in [3.63, 3.8) is 0 Å². The fourth-order valence-corrected chi connectivity index (χ4v) is 3.11. The van der Waals surface area contributed by atoms with E-state index in [4.69, 9.17) is 5.11 Å². The Morgan fingerprint density at radius 2 is 1.78 bits per heavy atom. The molecule has 0 aromatic carbocycles. The van der Waals surface area contributed by atoms with E-state index in [0.29, 0.717) is 6.54 Å². The van der Waals surface area contributed by atoms with Gasteiger partial charge in [-0.15, -0.1) is 0 Å². The van der Waals surface area contributed by atoms with Gasteiger partial charge in [0.2, 0.25) is 0 Å². The smallest absolute Gasteiger partial charge is 0.318 e. The molecule has 0 rings (SSSR count). The lowest BCUT2D eigenvalue weighted by Gasteiger charge is -2.35. The molecule has 0 unspecified atom stereocenters. The van der Waals surface area contributed by atoms with Crippen molar-refractivity contribution in [3.05, 3.63) is 0 Å². The first-order chi connectivity index (χ1) is 8.03. The van der Waals surface area contributed by atoms with E-state index in [-0.39, 0.29) is 0 Å². The van der Waals surface area contributed by atoms with Gasteiger partial charge in [0.15, 0.2) is 0 Å². The second-order valence-electron chi connectivity index (χ2n) is 5.25. The van der Waals surface area contributed by atoms with Crippen LogP contribution in [0.25, 0.3) is 0 Å². The number of hydrogen-bond donors (Lipinski definition) is 1. The Hall–Kier alpha value is -0.660. The van der Waals surface area contributed by atoms with Crippen molar-refractivity contribution in [2.75, 3.05) is 20.1 Å². The van der Waals surface area contributed by atoms with Gasteiger partial charge in [-0.1, -0.05) is 13.3 Å². The van der Waals surface area contributed by atoms with Gasteiger partial charge >= 0.3 is 5.97 Å². The Morgan fingerprint density at radius 1 is 1.28 bits per heavy atom. The third-order valence-corrected chi connectivity index (χ3v) is 4.73. The Labute approximate surface area is 110 Å². The van der Waals surface area contributed by atoms with Gasteiger partial charge in [-0.2, -0.15) is 17.0 Å². The van der Waals surface area contributed by atoms with Gasteiger partial charge in [-0.3, -0.25) is 4.79 Å². The first-order valence-corrected chi connectivity index (χ1v) is 7.39. The van der Waals surface area contributed by atoms with E-state index < -0.39 is 28.3 Å². The van der Waals surface area contributed by atoms with Crippen LogP contribution in [0.4, 0.5) is 0 Å². The number of aliphatic carboxylic acids is 1. The molecule has 0 aliphatic carbocycles. The zero-order valence-electron chi connectivity index (χ0n) is 11.8. The average Bonchev–Trinajstić information content (AvgIpc) is 2.20. The molecule has 1 N–H and O–H groups in total. The molecule has 0 aliphatic heterocycles. The maximum atomic E-state index is 12.3. The molecule has 0 heterocycles. The molecular formula is C11H24N2O4S. The molecule has 0 saturated heterocycles. The van der Waals surface area contributed by atoms with Crippen molar-refractivity contribution in [1.82, 2.24) is 8.61 Å². The highest BCUT2D eigenvalue weighted by atomic mass is 32.2. The molecule has 0 saturated carbocycles. The van der Waals surface area contributed by atoms with Crippen LogP contribution in [0.1, 0.15) is 40.5 Å². The van der Waals surface area contributed by atoms with Gasteiger partial charge in [-0.25, -0.2) is 0 Å². The number of carboxylic acid groups (broad SMARTS) is 1. The maximum Gasteiger partial charge on any atom is 0.318 e. The largest absolute Gasteiger partial charge is 0.480 e. The zero-order chi connectivity index (χ0) is 14.6. The highest BCUT2D eigenvalue weighted by Crippen LogP contribution is 2.20. The van der Waals surface area contributed by atoms with Crippen LogP contribution in [0, 0.1) is 0 Å². The van der Waals surface area contributed by atoms with E-state index in [1.807, 2.05) is 6.92 Å². The molecular weight excluding hydrogens is 256 g/mol. The maximum absolute atomic E-state index is 12.3. The summed E-state index contributed by atoms with van der Waals surface area (Å²) >= 11 is 0. The van der Waals surface area contributed by atoms with Crippen LogP contribution in [0.2, 0.25) is 0 Å². The summed E-state index contributed by atoms with van der Waals surface area (Å²) in [4.78, 5) is 10.8. The lowest BCUT2D eigenvalue weighted by molar-refractivity contribution is -0.138. The van der Waals surface area contributed by atoms with E-state index in [1.54, 1.807) is 20.8 Å². The fraction of sp³-hybridized carbons (Fsp3) is 0.909. The summed E-state index contributed by atoms with van der Waals surface area (Å²) in [6.07, 6.45) is 1.63. The number of unbranched alkanes of at least 4 members (excludes halogenated alkanes) is 1. The van der Waals surface area contributed by atoms with Crippen LogP contribution in [-0.2, 0) is 15.0 Å². The van der Waals surface area contributed by atoms with E-state index in [1.165, 1.54) is 11.4 Å². The summed E-state index contributed by atoms with van der Waals surface area (Å²) < 4.78 is 26.8. The number of carboxylic acids is 1. The molecule has 6 nitrogen and oxygen atoms in total. The summed E-state index contributed by atoms with van der Waals surface area (Å²) in [5, 5.41) is 8.84. The van der Waals surface area contributed by atoms with E-state index in [2.05, 4.69) is 0 Å². The summed E-state index contributed by atoms with van der Waals surface area (Å²) in [6.45, 7) is 6.88. The minimum atomic E-state index is -3.74. The van der Waals surface area contributed by atoms with Gasteiger partial charge < -0.3 is 5.11 Å². The quantitative estimate of drug-likeness (QED) is 0.759. The SMILES string of the molecule is CCCCN(C)S(=O)(=O)N(CC(=O)O)C(C)(C)C. The van der Waals surface area contributed by atoms with Crippen molar-refractivity contribution >= 4 is 16.2 Å². The molecule has 0 amide bonds. The number of nitrogens with zero attached hydrogens (tertiary/aromatic N) is 2. The van der Waals surface area contributed by atoms with Gasteiger partial charge in [0, 0.05) is 19.1 Å². The lowest BCUT2D eigenvalue weighted by Crippen LogP contribution is -2.53. The third-order valence-electron chi connectivity index (χ3n) is 2.53. The van der Waals surface area contributed by atoms with Crippen LogP contribution in [0.3, 0.4) is 0 Å². The Balaban J connectivity index is 5.15. The molecule has 0 aromatic rings. The fourth-order valence-electron chi connectivity index (χ4n) is 1.45. The molecule has 0 radical (unpaired) electrons. The van der Waals surface area contributed by atoms with Crippen molar-refractivity contribution in [2.45, 2.75) is 46.1 Å². The highest BCUT2D eigenvalue weighted by molar-refractivity contribution is 7.86. The second-order valence-corrected chi connectivity index (χ2v) is 7.21. The molecule has 0 aliphatic rings. The van der Waals surface area contributed by atoms with Crippen LogP contribution in [0.5, 0.6) is 0 Å². The Morgan fingerprint density at radius 3 is 2.11 bits per heavy atom. The molecule has 108 valence electrons. The first kappa shape index (κ1) is 17.3. The van der Waals surface area contributed by atoms with Crippen molar-refractivity contribution in [2.24, 2.45) is 0 Å².